The van der Waals surface area contributed by atoms with Crippen LogP contribution in [0, 0.1) is 0 Å². The van der Waals surface area contributed by atoms with Gasteiger partial charge in [0, 0.05) is 6.08 Å². The highest BCUT2D eigenvalue weighted by Crippen LogP contribution is 2.35. The van der Waals surface area contributed by atoms with Crippen molar-refractivity contribution in [3.8, 4) is 0 Å². The van der Waals surface area contributed by atoms with Crippen molar-refractivity contribution in [2.24, 2.45) is 0 Å². The molecule has 84 valence electrons. The lowest BCUT2D eigenvalue weighted by Gasteiger charge is -2.09. The van der Waals surface area contributed by atoms with E-state index in [4.69, 9.17) is 9.52 Å². The van der Waals surface area contributed by atoms with E-state index in [0.29, 0.717) is 18.6 Å². The molecule has 0 spiro atoms. The van der Waals surface area contributed by atoms with Crippen LogP contribution in [0.5, 0.6) is 0 Å². The molecule has 1 aromatic rings. The van der Waals surface area contributed by atoms with Gasteiger partial charge >= 0.3 is 5.97 Å². The van der Waals surface area contributed by atoms with E-state index in [1.807, 2.05) is 0 Å². The van der Waals surface area contributed by atoms with Crippen molar-refractivity contribution in [1.29, 1.82) is 0 Å². The largest absolute Gasteiger partial charge is 0.480 e. The van der Waals surface area contributed by atoms with Gasteiger partial charge in [0.2, 0.25) is 5.91 Å². The molecule has 1 aliphatic rings. The highest BCUT2D eigenvalue weighted by atomic mass is 16.4. The van der Waals surface area contributed by atoms with E-state index in [-0.39, 0.29) is 0 Å². The number of amides is 1. The van der Waals surface area contributed by atoms with Crippen molar-refractivity contribution in [2.75, 3.05) is 0 Å². The average molecular weight is 221 g/mol. The van der Waals surface area contributed by atoms with Crippen molar-refractivity contribution in [3.05, 3.63) is 30.2 Å². The summed E-state index contributed by atoms with van der Waals surface area (Å²) in [5, 5.41) is 11.3. The van der Waals surface area contributed by atoms with Crippen LogP contribution in [-0.4, -0.2) is 22.5 Å². The zero-order valence-corrected chi connectivity index (χ0v) is 8.47. The lowest BCUT2D eigenvalue weighted by molar-refractivity contribution is -0.142. The topological polar surface area (TPSA) is 79.5 Å². The summed E-state index contributed by atoms with van der Waals surface area (Å²) in [5.41, 5.74) is -1.04. The van der Waals surface area contributed by atoms with Gasteiger partial charge in [-0.15, -0.1) is 0 Å². The summed E-state index contributed by atoms with van der Waals surface area (Å²) in [6.07, 6.45) is 5.23. The molecular formula is C11H11NO4. The van der Waals surface area contributed by atoms with E-state index < -0.39 is 17.4 Å². The zero-order valence-electron chi connectivity index (χ0n) is 8.47. The number of hydrogen-bond acceptors (Lipinski definition) is 3. The summed E-state index contributed by atoms with van der Waals surface area (Å²) in [5.74, 6) is -0.848. The van der Waals surface area contributed by atoms with Crippen LogP contribution in [0.2, 0.25) is 0 Å². The predicted octanol–water partition coefficient (Wildman–Crippen LogP) is 1.03. The lowest BCUT2D eigenvalue weighted by Crippen LogP contribution is -2.42. The van der Waals surface area contributed by atoms with E-state index in [0.717, 1.165) is 0 Å². The first-order valence-corrected chi connectivity index (χ1v) is 4.89. The average Bonchev–Trinajstić information content (AvgIpc) is 2.84. The Labute approximate surface area is 91.8 Å². The molecule has 1 amide bonds. The molecule has 2 rings (SSSR count). The van der Waals surface area contributed by atoms with Crippen LogP contribution >= 0.6 is 0 Å². The third kappa shape index (κ3) is 2.13. The number of nitrogens with one attached hydrogen (secondary N) is 1. The Hall–Kier alpha value is -2.04. The van der Waals surface area contributed by atoms with Gasteiger partial charge in [0.15, 0.2) is 0 Å². The fraction of sp³-hybridized carbons (Fsp3) is 0.273. The summed E-state index contributed by atoms with van der Waals surface area (Å²) < 4.78 is 4.99. The molecule has 1 aliphatic carbocycles. The highest BCUT2D eigenvalue weighted by Gasteiger charge is 2.51. The van der Waals surface area contributed by atoms with Gasteiger partial charge in [-0.25, -0.2) is 4.79 Å². The van der Waals surface area contributed by atoms with Gasteiger partial charge in [-0.05, 0) is 31.1 Å². The fourth-order valence-electron chi connectivity index (χ4n) is 1.34. The Bertz CT molecular complexity index is 429. The first kappa shape index (κ1) is 10.5. The molecule has 1 heterocycles. The second-order valence-electron chi connectivity index (χ2n) is 3.73. The molecule has 0 aromatic carbocycles. The molecule has 5 nitrogen and oxygen atoms in total. The summed E-state index contributed by atoms with van der Waals surface area (Å²) in [7, 11) is 0. The molecule has 0 aliphatic heterocycles. The minimum Gasteiger partial charge on any atom is -0.480 e. The Morgan fingerprint density at radius 1 is 1.50 bits per heavy atom. The fourth-order valence-corrected chi connectivity index (χ4v) is 1.34. The standard InChI is InChI=1S/C11H11NO4/c13-9(4-3-8-2-1-7-16-8)12-11(5-6-11)10(14)15/h1-4,7H,5-6H2,(H,12,13)(H,14,15). The number of carbonyl (C=O) groups is 2. The van der Waals surface area contributed by atoms with Crippen LogP contribution in [0.4, 0.5) is 0 Å². The molecule has 0 unspecified atom stereocenters. The molecule has 0 saturated heterocycles. The molecular weight excluding hydrogens is 210 g/mol. The van der Waals surface area contributed by atoms with Crippen LogP contribution in [-0.2, 0) is 9.59 Å². The first-order chi connectivity index (χ1) is 7.62. The smallest absolute Gasteiger partial charge is 0.329 e. The molecule has 1 fully saturated rings. The monoisotopic (exact) mass is 221 g/mol. The zero-order chi connectivity index (χ0) is 11.6. The van der Waals surface area contributed by atoms with E-state index in [9.17, 15) is 9.59 Å². The van der Waals surface area contributed by atoms with Gasteiger partial charge in [-0.2, -0.15) is 0 Å². The Morgan fingerprint density at radius 2 is 2.25 bits per heavy atom. The van der Waals surface area contributed by atoms with Crippen molar-refractivity contribution in [3.63, 3.8) is 0 Å². The SMILES string of the molecule is O=C(C=Cc1ccco1)NC1(C(=O)O)CC1. The van der Waals surface area contributed by atoms with Gasteiger partial charge < -0.3 is 14.8 Å². The minimum atomic E-state index is -1.04. The number of furan rings is 1. The Balaban J connectivity index is 1.92. The van der Waals surface area contributed by atoms with Crippen LogP contribution in [0.25, 0.3) is 6.08 Å². The quantitative estimate of drug-likeness (QED) is 0.744. The maximum Gasteiger partial charge on any atom is 0.329 e. The van der Waals surface area contributed by atoms with Crippen molar-refractivity contribution >= 4 is 18.0 Å². The Kier molecular flexibility index (Phi) is 2.52. The molecule has 1 saturated carbocycles. The molecule has 0 radical (unpaired) electrons. The van der Waals surface area contributed by atoms with Crippen molar-refractivity contribution in [2.45, 2.75) is 18.4 Å². The molecule has 0 bridgehead atoms. The third-order valence-corrected chi connectivity index (χ3v) is 2.46. The summed E-state index contributed by atoms with van der Waals surface area (Å²) in [6.45, 7) is 0. The second kappa shape index (κ2) is 3.84. The van der Waals surface area contributed by atoms with Crippen LogP contribution in [0.3, 0.4) is 0 Å². The number of carboxylic acids is 1. The third-order valence-electron chi connectivity index (χ3n) is 2.46. The van der Waals surface area contributed by atoms with Gasteiger partial charge in [0.25, 0.3) is 0 Å². The first-order valence-electron chi connectivity index (χ1n) is 4.89. The predicted molar refractivity (Wildman–Crippen MR) is 55.5 cm³/mol. The number of carbonyl (C=O) groups excluding carboxylic acids is 1. The van der Waals surface area contributed by atoms with Crippen LogP contribution in [0.15, 0.2) is 28.9 Å². The van der Waals surface area contributed by atoms with Gasteiger partial charge in [0.1, 0.15) is 11.3 Å². The van der Waals surface area contributed by atoms with Crippen molar-refractivity contribution in [1.82, 2.24) is 5.32 Å². The van der Waals surface area contributed by atoms with Crippen LogP contribution < -0.4 is 5.32 Å². The number of aliphatic carboxylic acids is 1. The summed E-state index contributed by atoms with van der Waals surface area (Å²) >= 11 is 0. The summed E-state index contributed by atoms with van der Waals surface area (Å²) in [6, 6.07) is 3.41. The molecule has 0 atom stereocenters. The van der Waals surface area contributed by atoms with Gasteiger partial charge in [-0.1, -0.05) is 0 Å². The van der Waals surface area contributed by atoms with Crippen molar-refractivity contribution < 1.29 is 19.1 Å². The summed E-state index contributed by atoms with van der Waals surface area (Å²) in [4.78, 5) is 22.2. The maximum absolute atomic E-state index is 11.4. The van der Waals surface area contributed by atoms with E-state index in [2.05, 4.69) is 5.32 Å². The van der Waals surface area contributed by atoms with Crippen LogP contribution in [0.1, 0.15) is 18.6 Å². The molecule has 16 heavy (non-hydrogen) atoms. The molecule has 1 aromatic heterocycles. The number of hydrogen-bond donors (Lipinski definition) is 2. The maximum atomic E-state index is 11.4. The number of rotatable bonds is 4. The van der Waals surface area contributed by atoms with E-state index >= 15 is 0 Å². The second-order valence-corrected chi connectivity index (χ2v) is 3.73. The highest BCUT2D eigenvalue weighted by molar-refractivity contribution is 5.96. The molecule has 5 heteroatoms. The van der Waals surface area contributed by atoms with E-state index in [1.165, 1.54) is 18.4 Å². The van der Waals surface area contributed by atoms with Gasteiger partial charge in [0.05, 0.1) is 6.26 Å². The molecule has 2 N–H and O–H groups in total. The Morgan fingerprint density at radius 3 is 2.75 bits per heavy atom. The van der Waals surface area contributed by atoms with E-state index in [1.54, 1.807) is 12.1 Å². The lowest BCUT2D eigenvalue weighted by atomic mass is 10.2. The normalized spacial score (nSPS) is 17.2. The minimum absolute atomic E-state index is 0.420. The van der Waals surface area contributed by atoms with Gasteiger partial charge in [-0.3, -0.25) is 4.79 Å². The number of carboxylic acid groups (broad SMARTS) is 1.